The molecule has 0 aliphatic heterocycles. The van der Waals surface area contributed by atoms with Crippen LogP contribution in [0.25, 0.3) is 0 Å². The lowest BCUT2D eigenvalue weighted by Gasteiger charge is -2.21. The smallest absolute Gasteiger partial charge is 0.0544 e. The van der Waals surface area contributed by atoms with Crippen molar-refractivity contribution in [3.8, 4) is 0 Å². The Morgan fingerprint density at radius 1 is 0.727 bits per heavy atom. The van der Waals surface area contributed by atoms with Gasteiger partial charge < -0.3 is 0 Å². The van der Waals surface area contributed by atoms with Gasteiger partial charge in [-0.25, -0.2) is 0 Å². The third-order valence-electron chi connectivity index (χ3n) is 3.67. The van der Waals surface area contributed by atoms with Gasteiger partial charge in [0, 0.05) is 38.6 Å². The van der Waals surface area contributed by atoms with Crippen LogP contribution in [0.4, 0.5) is 0 Å². The number of rotatable bonds is 7. The first-order valence-corrected chi connectivity index (χ1v) is 7.73. The summed E-state index contributed by atoms with van der Waals surface area (Å²) in [6.07, 6.45) is 3.86. The van der Waals surface area contributed by atoms with Gasteiger partial charge in [0.25, 0.3) is 0 Å². The summed E-state index contributed by atoms with van der Waals surface area (Å²) in [5.74, 6) is 0. The van der Waals surface area contributed by atoms with Gasteiger partial charge in [0.15, 0.2) is 0 Å². The number of hydrogen-bond acceptors (Lipinski definition) is 4. The molecule has 0 aliphatic rings. The summed E-state index contributed by atoms with van der Waals surface area (Å²) in [5, 5.41) is 0. The van der Waals surface area contributed by atoms with E-state index in [1.807, 2.05) is 12.4 Å². The molecule has 2 rings (SSSR count). The van der Waals surface area contributed by atoms with Crippen LogP contribution in [-0.4, -0.2) is 47.0 Å². The average molecular weight is 298 g/mol. The van der Waals surface area contributed by atoms with Crippen LogP contribution in [-0.2, 0) is 13.1 Å². The Labute approximate surface area is 133 Å². The minimum atomic E-state index is 0.886. The van der Waals surface area contributed by atoms with Crippen molar-refractivity contribution in [2.24, 2.45) is 0 Å². The Kier molecular flexibility index (Phi) is 6.04. The van der Waals surface area contributed by atoms with E-state index in [-0.39, 0.29) is 0 Å². The van der Waals surface area contributed by atoms with E-state index in [1.165, 1.54) is 11.1 Å². The number of hydrogen-bond donors (Lipinski definition) is 0. The zero-order chi connectivity index (χ0) is 15.9. The topological polar surface area (TPSA) is 32.3 Å². The quantitative estimate of drug-likeness (QED) is 0.786. The lowest BCUT2D eigenvalue weighted by atomic mass is 10.2. The molecule has 0 saturated carbocycles. The minimum Gasteiger partial charge on any atom is -0.299 e. The van der Waals surface area contributed by atoms with E-state index in [4.69, 9.17) is 0 Å². The zero-order valence-electron chi connectivity index (χ0n) is 14.1. The highest BCUT2D eigenvalue weighted by molar-refractivity contribution is 5.12. The fourth-order valence-corrected chi connectivity index (χ4v) is 2.24. The fourth-order valence-electron chi connectivity index (χ4n) is 2.24. The maximum atomic E-state index is 4.46. The Morgan fingerprint density at radius 3 is 1.45 bits per heavy atom. The van der Waals surface area contributed by atoms with E-state index in [0.29, 0.717) is 0 Å². The molecule has 118 valence electrons. The second kappa shape index (κ2) is 8.01. The summed E-state index contributed by atoms with van der Waals surface area (Å²) in [6, 6.07) is 8.44. The molecule has 0 saturated heterocycles. The molecule has 4 heteroatoms. The predicted molar refractivity (Wildman–Crippen MR) is 90.6 cm³/mol. The first kappa shape index (κ1) is 16.6. The summed E-state index contributed by atoms with van der Waals surface area (Å²) >= 11 is 0. The van der Waals surface area contributed by atoms with E-state index in [9.17, 15) is 0 Å². The highest BCUT2D eigenvalue weighted by atomic mass is 15.2. The number of aromatic nitrogens is 2. The van der Waals surface area contributed by atoms with Gasteiger partial charge in [0.05, 0.1) is 11.4 Å². The predicted octanol–water partition coefficient (Wildman–Crippen LogP) is 2.66. The normalized spacial score (nSPS) is 11.4. The second-order valence-electron chi connectivity index (χ2n) is 6.13. The molecule has 0 unspecified atom stereocenters. The van der Waals surface area contributed by atoms with Crippen LogP contribution in [0.15, 0.2) is 36.7 Å². The van der Waals surface area contributed by atoms with Crippen molar-refractivity contribution < 1.29 is 0 Å². The van der Waals surface area contributed by atoms with Crippen LogP contribution in [0.2, 0.25) is 0 Å². The fraction of sp³-hybridized carbons (Fsp3) is 0.444. The van der Waals surface area contributed by atoms with Crippen molar-refractivity contribution >= 4 is 0 Å². The van der Waals surface area contributed by atoms with E-state index < -0.39 is 0 Å². The molecule has 2 aromatic heterocycles. The lowest BCUT2D eigenvalue weighted by molar-refractivity contribution is 0.244. The van der Waals surface area contributed by atoms with Crippen LogP contribution in [0.3, 0.4) is 0 Å². The van der Waals surface area contributed by atoms with Gasteiger partial charge >= 0.3 is 0 Å². The Morgan fingerprint density at radius 2 is 1.14 bits per heavy atom. The van der Waals surface area contributed by atoms with Crippen molar-refractivity contribution in [1.82, 2.24) is 19.8 Å². The van der Waals surface area contributed by atoms with Gasteiger partial charge in [-0.1, -0.05) is 12.1 Å². The van der Waals surface area contributed by atoms with E-state index >= 15 is 0 Å². The van der Waals surface area contributed by atoms with Gasteiger partial charge in [-0.3, -0.25) is 19.8 Å². The second-order valence-corrected chi connectivity index (χ2v) is 6.13. The maximum absolute atomic E-state index is 4.46. The maximum Gasteiger partial charge on any atom is 0.0544 e. The van der Waals surface area contributed by atoms with Gasteiger partial charge in [-0.2, -0.15) is 0 Å². The SMILES string of the molecule is Cc1ccc(CN(C)CCN(C)Cc2ccc(C)cn2)nc1. The van der Waals surface area contributed by atoms with E-state index in [2.05, 4.69) is 72.0 Å². The molecule has 2 heterocycles. The molecule has 0 aromatic carbocycles. The monoisotopic (exact) mass is 298 g/mol. The van der Waals surface area contributed by atoms with Gasteiger partial charge in [0.2, 0.25) is 0 Å². The standard InChI is InChI=1S/C18H26N4/c1-15-5-7-17(19-11-15)13-21(3)9-10-22(4)14-18-8-6-16(2)12-20-18/h5-8,11-12H,9-10,13-14H2,1-4H3. The van der Waals surface area contributed by atoms with Crippen molar-refractivity contribution in [3.63, 3.8) is 0 Å². The summed E-state index contributed by atoms with van der Waals surface area (Å²) in [6.45, 7) is 7.92. The molecule has 0 N–H and O–H groups in total. The average Bonchev–Trinajstić information content (AvgIpc) is 2.50. The number of aryl methyl sites for hydroxylation is 2. The van der Waals surface area contributed by atoms with Crippen molar-refractivity contribution in [3.05, 3.63) is 59.2 Å². The molecule has 22 heavy (non-hydrogen) atoms. The molecular weight excluding hydrogens is 272 g/mol. The molecule has 0 spiro atoms. The van der Waals surface area contributed by atoms with Gasteiger partial charge in [-0.15, -0.1) is 0 Å². The number of likely N-dealkylation sites (N-methyl/N-ethyl adjacent to an activating group) is 2. The summed E-state index contributed by atoms with van der Waals surface area (Å²) < 4.78 is 0. The molecule has 0 fully saturated rings. The zero-order valence-corrected chi connectivity index (χ0v) is 14.1. The molecule has 0 aliphatic carbocycles. The van der Waals surface area contributed by atoms with Gasteiger partial charge in [0.1, 0.15) is 0 Å². The molecule has 4 nitrogen and oxygen atoms in total. The first-order chi connectivity index (χ1) is 10.5. The lowest BCUT2D eigenvalue weighted by Crippen LogP contribution is -2.30. The largest absolute Gasteiger partial charge is 0.299 e. The highest BCUT2D eigenvalue weighted by Gasteiger charge is 2.05. The molecule has 0 atom stereocenters. The highest BCUT2D eigenvalue weighted by Crippen LogP contribution is 2.04. The van der Waals surface area contributed by atoms with Crippen LogP contribution < -0.4 is 0 Å². The Balaban J connectivity index is 1.74. The summed E-state index contributed by atoms with van der Waals surface area (Å²) in [7, 11) is 4.28. The molecule has 0 radical (unpaired) electrons. The third kappa shape index (κ3) is 5.54. The molecule has 2 aromatic rings. The van der Waals surface area contributed by atoms with Crippen LogP contribution in [0.1, 0.15) is 22.5 Å². The van der Waals surface area contributed by atoms with E-state index in [0.717, 1.165) is 37.6 Å². The first-order valence-electron chi connectivity index (χ1n) is 7.73. The Hall–Kier alpha value is -1.78. The Bertz CT molecular complexity index is 509. The van der Waals surface area contributed by atoms with Gasteiger partial charge in [-0.05, 0) is 51.2 Å². The third-order valence-corrected chi connectivity index (χ3v) is 3.67. The van der Waals surface area contributed by atoms with E-state index in [1.54, 1.807) is 0 Å². The molecular formula is C18H26N4. The molecule has 0 bridgehead atoms. The van der Waals surface area contributed by atoms with Crippen LogP contribution in [0.5, 0.6) is 0 Å². The van der Waals surface area contributed by atoms with Crippen LogP contribution in [0, 0.1) is 13.8 Å². The summed E-state index contributed by atoms with van der Waals surface area (Å²) in [4.78, 5) is 13.5. The minimum absolute atomic E-state index is 0.886. The van der Waals surface area contributed by atoms with Crippen molar-refractivity contribution in [1.29, 1.82) is 0 Å². The summed E-state index contributed by atoms with van der Waals surface area (Å²) in [5.41, 5.74) is 4.65. The number of nitrogens with zero attached hydrogens (tertiary/aromatic N) is 4. The van der Waals surface area contributed by atoms with Crippen molar-refractivity contribution in [2.75, 3.05) is 27.2 Å². The molecule has 0 amide bonds. The van der Waals surface area contributed by atoms with Crippen molar-refractivity contribution in [2.45, 2.75) is 26.9 Å². The van der Waals surface area contributed by atoms with Crippen LogP contribution >= 0.6 is 0 Å². The number of pyridine rings is 2.